The van der Waals surface area contributed by atoms with Crippen molar-refractivity contribution < 1.29 is 12.8 Å². The van der Waals surface area contributed by atoms with Crippen LogP contribution in [0.4, 0.5) is 4.39 Å². The predicted octanol–water partition coefficient (Wildman–Crippen LogP) is 4.15. The van der Waals surface area contributed by atoms with Crippen molar-refractivity contribution in [2.75, 3.05) is 7.05 Å². The Morgan fingerprint density at radius 3 is 2.61 bits per heavy atom. The maximum absolute atomic E-state index is 13.6. The Morgan fingerprint density at radius 1 is 1.10 bits per heavy atom. The van der Waals surface area contributed by atoms with Crippen molar-refractivity contribution in [3.8, 4) is 11.1 Å². The third-order valence-corrected chi connectivity index (χ3v) is 6.73. The van der Waals surface area contributed by atoms with Crippen molar-refractivity contribution in [1.29, 1.82) is 0 Å². The maximum Gasteiger partial charge on any atom is 0.279 e. The molecule has 0 amide bonds. The first kappa shape index (κ1) is 21.0. The first-order valence-corrected chi connectivity index (χ1v) is 11.0. The van der Waals surface area contributed by atoms with Gasteiger partial charge in [0.1, 0.15) is 16.6 Å². The molecule has 3 aromatic heterocycles. The van der Waals surface area contributed by atoms with Crippen molar-refractivity contribution in [3.63, 3.8) is 0 Å². The van der Waals surface area contributed by atoms with Gasteiger partial charge >= 0.3 is 0 Å². The largest absolute Gasteiger partial charge is 0.298 e. The molecule has 4 aromatic rings. The van der Waals surface area contributed by atoms with Gasteiger partial charge in [-0.15, -0.1) is 0 Å². The van der Waals surface area contributed by atoms with Crippen LogP contribution in [0.5, 0.6) is 0 Å². The van der Waals surface area contributed by atoms with E-state index in [4.69, 9.17) is 11.6 Å². The number of imidazole rings is 1. The number of aryl methyl sites for hydroxylation is 1. The molecule has 0 N–H and O–H groups in total. The van der Waals surface area contributed by atoms with Crippen LogP contribution < -0.4 is 0 Å². The molecule has 0 fully saturated rings. The summed E-state index contributed by atoms with van der Waals surface area (Å²) in [5.41, 5.74) is 3.40. The van der Waals surface area contributed by atoms with Gasteiger partial charge in [-0.25, -0.2) is 14.4 Å². The quantitative estimate of drug-likeness (QED) is 0.256. The summed E-state index contributed by atoms with van der Waals surface area (Å²) in [4.78, 5) is 8.26. The molecular weight excluding hydrogens is 441 g/mol. The van der Waals surface area contributed by atoms with E-state index in [0.717, 1.165) is 21.6 Å². The molecule has 3 heterocycles. The van der Waals surface area contributed by atoms with Gasteiger partial charge in [-0.1, -0.05) is 17.7 Å². The molecule has 0 aliphatic rings. The zero-order valence-electron chi connectivity index (χ0n) is 16.6. The number of halogens is 2. The van der Waals surface area contributed by atoms with Gasteiger partial charge in [0, 0.05) is 30.6 Å². The highest BCUT2D eigenvalue weighted by Gasteiger charge is 2.22. The number of nitrogens with zero attached hydrogens (tertiary/aromatic N) is 5. The maximum atomic E-state index is 13.6. The van der Waals surface area contributed by atoms with E-state index >= 15 is 0 Å². The minimum Gasteiger partial charge on any atom is -0.298 e. The second-order valence-electron chi connectivity index (χ2n) is 6.79. The van der Waals surface area contributed by atoms with Gasteiger partial charge in [-0.05, 0) is 48.9 Å². The molecule has 4 rings (SSSR count). The summed E-state index contributed by atoms with van der Waals surface area (Å²) in [5, 5.41) is 4.46. The lowest BCUT2D eigenvalue weighted by atomic mass is 10.1. The van der Waals surface area contributed by atoms with Gasteiger partial charge in [0.25, 0.3) is 10.0 Å². The fraction of sp³-hybridized carbons (Fsp3) is 0.0952. The molecular formula is C21H17ClFN5O2S. The number of sulfonamides is 1. The van der Waals surface area contributed by atoms with Gasteiger partial charge in [0.05, 0.1) is 23.0 Å². The van der Waals surface area contributed by atoms with Crippen LogP contribution in [-0.2, 0) is 10.0 Å². The third-order valence-electron chi connectivity index (χ3n) is 4.72. The minimum atomic E-state index is -4.01. The van der Waals surface area contributed by atoms with E-state index in [-0.39, 0.29) is 4.90 Å². The molecule has 0 aliphatic heterocycles. The third kappa shape index (κ3) is 4.14. The van der Waals surface area contributed by atoms with E-state index in [1.165, 1.54) is 25.4 Å². The second kappa shape index (κ2) is 8.09. The number of rotatable bonds is 5. The minimum absolute atomic E-state index is 0.136. The lowest BCUT2D eigenvalue weighted by Crippen LogP contribution is -2.23. The summed E-state index contributed by atoms with van der Waals surface area (Å²) in [5.74, 6) is -0.632. The van der Waals surface area contributed by atoms with Gasteiger partial charge in [0.15, 0.2) is 0 Å². The summed E-state index contributed by atoms with van der Waals surface area (Å²) in [6, 6.07) is 10.9. The highest BCUT2D eigenvalue weighted by molar-refractivity contribution is 7.89. The van der Waals surface area contributed by atoms with E-state index in [9.17, 15) is 12.8 Å². The molecule has 0 saturated heterocycles. The Kier molecular flexibility index (Phi) is 5.47. The van der Waals surface area contributed by atoms with E-state index in [1.54, 1.807) is 29.8 Å². The van der Waals surface area contributed by atoms with Crippen LogP contribution in [0.15, 0.2) is 71.1 Å². The number of hydrogen-bond acceptors (Lipinski definition) is 5. The summed E-state index contributed by atoms with van der Waals surface area (Å²) in [7, 11) is -2.71. The first-order valence-electron chi connectivity index (χ1n) is 9.14. The molecule has 0 aliphatic carbocycles. The number of pyridine rings is 2. The molecule has 7 nitrogen and oxygen atoms in total. The van der Waals surface area contributed by atoms with Crippen LogP contribution in [0.2, 0.25) is 5.15 Å². The smallest absolute Gasteiger partial charge is 0.279 e. The Hall–Kier alpha value is -3.30. The molecule has 0 spiro atoms. The molecule has 1 aromatic carbocycles. The fourth-order valence-electron chi connectivity index (χ4n) is 3.01. The molecule has 0 saturated carbocycles. The molecule has 0 atom stereocenters. The topological polar surface area (TPSA) is 79.9 Å². The summed E-state index contributed by atoms with van der Waals surface area (Å²) >= 11 is 5.85. The average Bonchev–Trinajstić information content (AvgIpc) is 3.16. The molecule has 0 bridgehead atoms. The SMILES string of the molecule is Cc1ccc(F)cc1S(=O)(=O)N(C)/N=C/c1cnc2ccc(-c3ccc(Cl)nc3)cn12. The predicted molar refractivity (Wildman–Crippen MR) is 117 cm³/mol. The van der Waals surface area contributed by atoms with Gasteiger partial charge in [-0.2, -0.15) is 17.9 Å². The number of hydrogen-bond donors (Lipinski definition) is 0. The van der Waals surface area contributed by atoms with E-state index in [0.29, 0.717) is 22.1 Å². The van der Waals surface area contributed by atoms with E-state index in [2.05, 4.69) is 15.1 Å². The lowest BCUT2D eigenvalue weighted by molar-refractivity contribution is 0.489. The van der Waals surface area contributed by atoms with Crippen molar-refractivity contribution in [2.24, 2.45) is 5.10 Å². The van der Waals surface area contributed by atoms with Crippen LogP contribution >= 0.6 is 11.6 Å². The van der Waals surface area contributed by atoms with Gasteiger partial charge in [0.2, 0.25) is 0 Å². The Bertz CT molecular complexity index is 1400. The first-order chi connectivity index (χ1) is 14.8. The summed E-state index contributed by atoms with van der Waals surface area (Å²) < 4.78 is 41.8. The Balaban J connectivity index is 1.67. The molecule has 10 heteroatoms. The Morgan fingerprint density at radius 2 is 1.87 bits per heavy atom. The standard InChI is InChI=1S/C21H17ClFN5O2S/c1-14-3-6-17(23)9-19(14)31(29,30)27(2)26-12-18-11-25-21-8-5-16(13-28(18)21)15-4-7-20(22)24-10-15/h3-13H,1-2H3/b26-12+. The summed E-state index contributed by atoms with van der Waals surface area (Å²) in [6.45, 7) is 1.60. The highest BCUT2D eigenvalue weighted by atomic mass is 35.5. The molecule has 31 heavy (non-hydrogen) atoms. The van der Waals surface area contributed by atoms with Crippen molar-refractivity contribution in [3.05, 3.63) is 83.3 Å². The molecule has 0 unspecified atom stereocenters. The van der Waals surface area contributed by atoms with Crippen LogP contribution in [0.1, 0.15) is 11.3 Å². The average molecular weight is 458 g/mol. The Labute approximate surface area is 183 Å². The lowest BCUT2D eigenvalue weighted by Gasteiger charge is -2.15. The normalized spacial score (nSPS) is 12.0. The van der Waals surface area contributed by atoms with Crippen LogP contribution in [-0.4, -0.2) is 40.5 Å². The number of aromatic nitrogens is 3. The fourth-order valence-corrected chi connectivity index (χ4v) is 4.31. The summed E-state index contributed by atoms with van der Waals surface area (Å²) in [6.07, 6.45) is 6.47. The molecule has 0 radical (unpaired) electrons. The number of benzene rings is 1. The van der Waals surface area contributed by atoms with Crippen LogP contribution in [0.25, 0.3) is 16.8 Å². The second-order valence-corrected chi connectivity index (χ2v) is 9.10. The van der Waals surface area contributed by atoms with Crippen LogP contribution in [0, 0.1) is 12.7 Å². The van der Waals surface area contributed by atoms with Crippen molar-refractivity contribution in [1.82, 2.24) is 18.8 Å². The van der Waals surface area contributed by atoms with E-state index in [1.807, 2.05) is 24.4 Å². The van der Waals surface area contributed by atoms with Crippen molar-refractivity contribution in [2.45, 2.75) is 11.8 Å². The van der Waals surface area contributed by atoms with Crippen molar-refractivity contribution >= 4 is 33.5 Å². The zero-order valence-corrected chi connectivity index (χ0v) is 18.1. The zero-order chi connectivity index (χ0) is 22.2. The monoisotopic (exact) mass is 457 g/mol. The number of hydrazone groups is 1. The van der Waals surface area contributed by atoms with Crippen LogP contribution in [0.3, 0.4) is 0 Å². The number of fused-ring (bicyclic) bond motifs is 1. The molecule has 158 valence electrons. The van der Waals surface area contributed by atoms with Gasteiger partial charge < -0.3 is 0 Å². The van der Waals surface area contributed by atoms with Gasteiger partial charge in [-0.3, -0.25) is 4.40 Å². The van der Waals surface area contributed by atoms with E-state index < -0.39 is 15.8 Å². The highest BCUT2D eigenvalue weighted by Crippen LogP contribution is 2.22.